The largest absolute Gasteiger partial charge is 0.311 e. The van der Waals surface area contributed by atoms with Crippen LogP contribution in [0.4, 0.5) is 17.1 Å². The van der Waals surface area contributed by atoms with Crippen molar-refractivity contribution in [2.45, 2.75) is 29.4 Å². The molecule has 0 unspecified atom stereocenters. The Morgan fingerprint density at radius 1 is 0.224 bits per heavy atom. The average Bonchev–Trinajstić information content (AvgIpc) is 3.51. The van der Waals surface area contributed by atoms with Gasteiger partial charge in [0.15, 0.2) is 0 Å². The first kappa shape index (κ1) is 48.0. The first-order valence-corrected chi connectivity index (χ1v) is 29.0. The minimum Gasteiger partial charge on any atom is -0.311 e. The van der Waals surface area contributed by atoms with E-state index in [4.69, 9.17) is 0 Å². The van der Waals surface area contributed by atoms with E-state index in [2.05, 4.69) is 4.90 Å². The third-order valence-corrected chi connectivity index (χ3v) is 19.4. The standard InChI is InChI=1S/C66H45NO6S3/c68-74(69,55-22-4-1-5-23-55)61-31-13-19-49-16-10-28-58(64(49)61)46-34-40-52(41-35-46)67(53-42-36-47(37-43-53)59-29-11-17-50-20-14-32-62(65(50)59)75(70,71)56-24-6-2-7-25-56)54-44-38-48(39-45-54)60-30-12-18-51-21-15-33-63(66(51)60)76(72,73)57-26-8-3-9-27-57/h1-45H. The number of nitrogens with zero attached hydrogens (tertiary/aromatic N) is 1. The normalized spacial score (nSPS) is 12.0. The molecule has 0 saturated heterocycles. The maximum Gasteiger partial charge on any atom is 0.207 e. The van der Waals surface area contributed by atoms with E-state index in [1.807, 2.05) is 146 Å². The van der Waals surface area contributed by atoms with Gasteiger partial charge in [0.05, 0.1) is 29.4 Å². The van der Waals surface area contributed by atoms with Crippen LogP contribution >= 0.6 is 0 Å². The molecular formula is C66H45NO6S3. The highest BCUT2D eigenvalue weighted by Crippen LogP contribution is 2.43. The lowest BCUT2D eigenvalue weighted by molar-refractivity contribution is 0.595. The van der Waals surface area contributed by atoms with Gasteiger partial charge in [0, 0.05) is 33.2 Å². The Balaban J connectivity index is 0.980. The molecule has 0 spiro atoms. The van der Waals surface area contributed by atoms with Gasteiger partial charge in [-0.15, -0.1) is 0 Å². The number of rotatable bonds is 12. The van der Waals surface area contributed by atoms with Crippen LogP contribution in [-0.2, 0) is 29.5 Å². The molecule has 7 nitrogen and oxygen atoms in total. The molecular weight excluding hydrogens is 999 g/mol. The number of anilines is 3. The maximum absolute atomic E-state index is 14.2. The van der Waals surface area contributed by atoms with Crippen molar-refractivity contribution in [3.05, 3.63) is 273 Å². The minimum absolute atomic E-state index is 0.219. The van der Waals surface area contributed by atoms with Gasteiger partial charge in [-0.25, -0.2) is 25.3 Å². The smallest absolute Gasteiger partial charge is 0.207 e. The van der Waals surface area contributed by atoms with Crippen molar-refractivity contribution >= 4 is 78.9 Å². The fraction of sp³-hybridized carbons (Fsp3) is 0. The van der Waals surface area contributed by atoms with Crippen molar-refractivity contribution in [3.8, 4) is 33.4 Å². The SMILES string of the molecule is O=S(=O)(c1ccccc1)c1cccc2cccc(-c3ccc(N(c4ccc(-c5cccc6cccc(S(=O)(=O)c7ccccc7)c56)cc4)c4ccc(-c5cccc6cccc(S(=O)(=O)c7ccccc7)c56)cc4)cc3)c12. The summed E-state index contributed by atoms with van der Waals surface area (Å²) in [6, 6.07) is 83.1. The third-order valence-electron chi connectivity index (χ3n) is 13.9. The van der Waals surface area contributed by atoms with E-state index in [0.29, 0.717) is 16.2 Å². The van der Waals surface area contributed by atoms with Crippen LogP contribution in [0.5, 0.6) is 0 Å². The van der Waals surface area contributed by atoms with Crippen LogP contribution in [0.15, 0.2) is 302 Å². The lowest BCUT2D eigenvalue weighted by atomic mass is 9.97. The Labute approximate surface area is 442 Å². The highest BCUT2D eigenvalue weighted by atomic mass is 32.2. The first-order valence-electron chi connectivity index (χ1n) is 24.6. The van der Waals surface area contributed by atoms with Gasteiger partial charge in [0.2, 0.25) is 29.5 Å². The number of sulfone groups is 3. The molecule has 0 aliphatic rings. The summed E-state index contributed by atoms with van der Waals surface area (Å²) in [4.78, 5) is 3.46. The molecule has 12 aromatic carbocycles. The molecule has 0 saturated carbocycles. The summed E-state index contributed by atoms with van der Waals surface area (Å²) in [7, 11) is -11.6. The number of hydrogen-bond acceptors (Lipinski definition) is 7. The van der Waals surface area contributed by atoms with Crippen molar-refractivity contribution < 1.29 is 25.3 Å². The quantitative estimate of drug-likeness (QED) is 0.120. The Bertz CT molecular complexity index is 4030. The highest BCUT2D eigenvalue weighted by molar-refractivity contribution is 7.92. The predicted octanol–water partition coefficient (Wildman–Crippen LogP) is 16.1. The Morgan fingerprint density at radius 2 is 0.461 bits per heavy atom. The Hall–Kier alpha value is -8.93. The van der Waals surface area contributed by atoms with Crippen molar-refractivity contribution in [2.75, 3.05) is 4.90 Å². The second kappa shape index (κ2) is 19.4. The van der Waals surface area contributed by atoms with Crippen molar-refractivity contribution in [2.24, 2.45) is 0 Å². The maximum atomic E-state index is 14.2. The average molecular weight is 1040 g/mol. The molecule has 0 aliphatic heterocycles. The molecule has 0 fully saturated rings. The lowest BCUT2D eigenvalue weighted by Crippen LogP contribution is -2.10. The predicted molar refractivity (Wildman–Crippen MR) is 306 cm³/mol. The summed E-state index contributed by atoms with van der Waals surface area (Å²) in [6.45, 7) is 0. The monoisotopic (exact) mass is 1040 g/mol. The summed E-state index contributed by atoms with van der Waals surface area (Å²) in [5.41, 5.74) is 7.21. The summed E-state index contributed by atoms with van der Waals surface area (Å²) in [6.07, 6.45) is 0. The summed E-state index contributed by atoms with van der Waals surface area (Å²) >= 11 is 0. The molecule has 368 valence electrons. The molecule has 10 heteroatoms. The zero-order valence-electron chi connectivity index (χ0n) is 40.6. The van der Waals surface area contributed by atoms with Gasteiger partial charge >= 0.3 is 0 Å². The molecule has 76 heavy (non-hydrogen) atoms. The second-order valence-corrected chi connectivity index (χ2v) is 24.2. The molecule has 0 N–H and O–H groups in total. The molecule has 0 heterocycles. The van der Waals surface area contributed by atoms with E-state index < -0.39 is 29.5 Å². The van der Waals surface area contributed by atoms with Crippen LogP contribution in [0.25, 0.3) is 65.7 Å². The molecule has 0 aliphatic carbocycles. The van der Waals surface area contributed by atoms with Gasteiger partial charge < -0.3 is 4.90 Å². The summed E-state index contributed by atoms with van der Waals surface area (Å²) in [5, 5.41) is 4.29. The molecule has 12 aromatic rings. The second-order valence-electron chi connectivity index (χ2n) is 18.4. The van der Waals surface area contributed by atoms with E-state index in [0.717, 1.165) is 66.6 Å². The van der Waals surface area contributed by atoms with Crippen LogP contribution < -0.4 is 4.90 Å². The van der Waals surface area contributed by atoms with Crippen molar-refractivity contribution in [1.29, 1.82) is 0 Å². The zero-order chi connectivity index (χ0) is 52.0. The third kappa shape index (κ3) is 8.52. The van der Waals surface area contributed by atoms with Gasteiger partial charge in [-0.2, -0.15) is 0 Å². The number of hydrogen-bond donors (Lipinski definition) is 0. The van der Waals surface area contributed by atoms with E-state index in [1.165, 1.54) is 0 Å². The van der Waals surface area contributed by atoms with E-state index >= 15 is 0 Å². The topological polar surface area (TPSA) is 106 Å². The number of fused-ring (bicyclic) bond motifs is 3. The van der Waals surface area contributed by atoms with E-state index in [1.54, 1.807) is 127 Å². The van der Waals surface area contributed by atoms with Crippen LogP contribution in [-0.4, -0.2) is 25.3 Å². The van der Waals surface area contributed by atoms with Crippen molar-refractivity contribution in [3.63, 3.8) is 0 Å². The van der Waals surface area contributed by atoms with Gasteiger partial charge in [-0.1, -0.05) is 182 Å². The fourth-order valence-electron chi connectivity index (χ4n) is 10.3. The van der Waals surface area contributed by atoms with Crippen LogP contribution in [0.2, 0.25) is 0 Å². The van der Waals surface area contributed by atoms with Crippen LogP contribution in [0, 0.1) is 0 Å². The van der Waals surface area contributed by atoms with Crippen LogP contribution in [0.1, 0.15) is 0 Å². The van der Waals surface area contributed by atoms with Crippen LogP contribution in [0.3, 0.4) is 0 Å². The fourth-order valence-corrected chi connectivity index (χ4v) is 14.9. The molecule has 0 radical (unpaired) electrons. The van der Waals surface area contributed by atoms with Gasteiger partial charge in [0.1, 0.15) is 0 Å². The number of benzene rings is 12. The Kier molecular flexibility index (Phi) is 12.3. The summed E-state index contributed by atoms with van der Waals surface area (Å²) in [5.74, 6) is 0. The molecule has 0 aromatic heterocycles. The van der Waals surface area contributed by atoms with Gasteiger partial charge in [-0.3, -0.25) is 0 Å². The molecule has 12 rings (SSSR count). The first-order chi connectivity index (χ1) is 37.0. The zero-order valence-corrected chi connectivity index (χ0v) is 43.1. The van der Waals surface area contributed by atoms with Gasteiger partial charge in [0.25, 0.3) is 0 Å². The van der Waals surface area contributed by atoms with E-state index in [9.17, 15) is 25.3 Å². The lowest BCUT2D eigenvalue weighted by Gasteiger charge is -2.26. The Morgan fingerprint density at radius 3 is 0.711 bits per heavy atom. The molecule has 0 atom stereocenters. The van der Waals surface area contributed by atoms with Crippen molar-refractivity contribution in [1.82, 2.24) is 0 Å². The molecule has 0 bridgehead atoms. The van der Waals surface area contributed by atoms with E-state index in [-0.39, 0.29) is 29.4 Å². The molecule has 0 amide bonds. The summed E-state index contributed by atoms with van der Waals surface area (Å²) < 4.78 is 85.4. The van der Waals surface area contributed by atoms with Gasteiger partial charge in [-0.05, 0) is 141 Å². The highest BCUT2D eigenvalue weighted by Gasteiger charge is 2.26. The minimum atomic E-state index is -3.87.